The van der Waals surface area contributed by atoms with Gasteiger partial charge in [-0.3, -0.25) is 0 Å². The number of benzene rings is 2. The van der Waals surface area contributed by atoms with Gasteiger partial charge in [0.25, 0.3) is 0 Å². The Morgan fingerprint density at radius 2 is 2.00 bits per heavy atom. The molecule has 2 aromatic rings. The average molecular weight is 238 g/mol. The second kappa shape index (κ2) is 5.74. The Kier molecular flexibility index (Phi) is 3.83. The van der Waals surface area contributed by atoms with E-state index in [1.165, 1.54) is 0 Å². The summed E-state index contributed by atoms with van der Waals surface area (Å²) in [6.07, 6.45) is 0. The lowest BCUT2D eigenvalue weighted by Gasteiger charge is -2.09. The summed E-state index contributed by atoms with van der Waals surface area (Å²) in [4.78, 5) is 0. The molecule has 90 valence electrons. The number of rotatable bonds is 4. The van der Waals surface area contributed by atoms with Crippen molar-refractivity contribution in [1.29, 1.82) is 5.26 Å². The van der Waals surface area contributed by atoms with Crippen LogP contribution in [0.3, 0.4) is 0 Å². The van der Waals surface area contributed by atoms with Crippen LogP contribution in [0.2, 0.25) is 0 Å². The van der Waals surface area contributed by atoms with Crippen molar-refractivity contribution in [2.24, 2.45) is 0 Å². The molecule has 0 heterocycles. The fraction of sp³-hybridized carbons (Fsp3) is 0.133. The highest BCUT2D eigenvalue weighted by Gasteiger charge is 2.00. The zero-order valence-corrected chi connectivity index (χ0v) is 10.2. The molecule has 0 radical (unpaired) electrons. The Bertz CT molecular complexity index is 573. The number of hydrogen-bond acceptors (Lipinski definition) is 3. The van der Waals surface area contributed by atoms with Crippen molar-refractivity contribution in [3.8, 4) is 11.8 Å². The van der Waals surface area contributed by atoms with Crippen LogP contribution in [-0.2, 0) is 6.54 Å². The van der Waals surface area contributed by atoms with Crippen LogP contribution in [0.15, 0.2) is 48.5 Å². The summed E-state index contributed by atoms with van der Waals surface area (Å²) >= 11 is 0. The molecule has 0 saturated heterocycles. The van der Waals surface area contributed by atoms with Crippen LogP contribution in [0, 0.1) is 11.3 Å². The maximum atomic E-state index is 8.99. The first-order valence-corrected chi connectivity index (χ1v) is 5.69. The van der Waals surface area contributed by atoms with Crippen LogP contribution in [-0.4, -0.2) is 7.11 Å². The van der Waals surface area contributed by atoms with Crippen LogP contribution in [0.4, 0.5) is 5.69 Å². The molecule has 3 heteroatoms. The first kappa shape index (κ1) is 12.0. The van der Waals surface area contributed by atoms with Gasteiger partial charge in [-0.25, -0.2) is 0 Å². The first-order chi connectivity index (χ1) is 8.83. The van der Waals surface area contributed by atoms with Gasteiger partial charge in [0, 0.05) is 6.54 Å². The van der Waals surface area contributed by atoms with Gasteiger partial charge in [0.05, 0.1) is 18.4 Å². The van der Waals surface area contributed by atoms with E-state index in [1.807, 2.05) is 42.5 Å². The van der Waals surface area contributed by atoms with E-state index in [0.29, 0.717) is 12.1 Å². The number of methoxy groups -OCH3 is 1. The van der Waals surface area contributed by atoms with Crippen molar-refractivity contribution in [2.45, 2.75) is 6.54 Å². The molecule has 0 aliphatic carbocycles. The third-order valence-corrected chi connectivity index (χ3v) is 2.66. The van der Waals surface area contributed by atoms with Crippen LogP contribution in [0.5, 0.6) is 5.75 Å². The van der Waals surface area contributed by atoms with E-state index in [1.54, 1.807) is 13.2 Å². The Balaban J connectivity index is 2.09. The molecule has 0 spiro atoms. The van der Waals surface area contributed by atoms with Gasteiger partial charge in [-0.15, -0.1) is 0 Å². The molecule has 0 amide bonds. The van der Waals surface area contributed by atoms with Crippen LogP contribution >= 0.6 is 0 Å². The predicted molar refractivity (Wildman–Crippen MR) is 71.5 cm³/mol. The molecule has 0 aliphatic heterocycles. The summed E-state index contributed by atoms with van der Waals surface area (Å²) in [5.41, 5.74) is 2.62. The summed E-state index contributed by atoms with van der Waals surface area (Å²) in [6, 6.07) is 17.5. The van der Waals surface area contributed by atoms with E-state index < -0.39 is 0 Å². The van der Waals surface area contributed by atoms with Crippen LogP contribution in [0.1, 0.15) is 11.1 Å². The smallest absolute Gasteiger partial charge is 0.119 e. The molecule has 0 unspecified atom stereocenters. The third-order valence-electron chi connectivity index (χ3n) is 2.66. The summed E-state index contributed by atoms with van der Waals surface area (Å²) in [7, 11) is 1.65. The number of ether oxygens (including phenoxy) is 1. The van der Waals surface area contributed by atoms with E-state index in [2.05, 4.69) is 11.4 Å². The molecule has 2 rings (SSSR count). The molecule has 3 nitrogen and oxygen atoms in total. The molecule has 0 aliphatic rings. The maximum absolute atomic E-state index is 8.99. The number of nitrogens with zero attached hydrogens (tertiary/aromatic N) is 1. The van der Waals surface area contributed by atoms with Crippen LogP contribution in [0.25, 0.3) is 0 Å². The number of anilines is 1. The zero-order chi connectivity index (χ0) is 12.8. The monoisotopic (exact) mass is 238 g/mol. The second-order valence-electron chi connectivity index (χ2n) is 3.86. The Hall–Kier alpha value is -2.47. The van der Waals surface area contributed by atoms with Crippen molar-refractivity contribution in [3.63, 3.8) is 0 Å². The molecule has 0 aromatic heterocycles. The highest BCUT2D eigenvalue weighted by Crippen LogP contribution is 2.17. The highest BCUT2D eigenvalue weighted by atomic mass is 16.5. The van der Waals surface area contributed by atoms with Gasteiger partial charge in [0.1, 0.15) is 11.8 Å². The SMILES string of the molecule is COc1cccc(CNc2ccccc2C#N)c1. The molecule has 18 heavy (non-hydrogen) atoms. The number of hydrogen-bond donors (Lipinski definition) is 1. The van der Waals surface area contributed by atoms with Crippen molar-refractivity contribution in [1.82, 2.24) is 0 Å². The fourth-order valence-electron chi connectivity index (χ4n) is 1.71. The summed E-state index contributed by atoms with van der Waals surface area (Å²) in [5.74, 6) is 0.836. The van der Waals surface area contributed by atoms with Crippen molar-refractivity contribution < 1.29 is 4.74 Å². The van der Waals surface area contributed by atoms with E-state index in [-0.39, 0.29) is 0 Å². The van der Waals surface area contributed by atoms with E-state index in [9.17, 15) is 0 Å². The van der Waals surface area contributed by atoms with Crippen LogP contribution < -0.4 is 10.1 Å². The molecule has 0 atom stereocenters. The number of nitriles is 1. The number of para-hydroxylation sites is 1. The van der Waals surface area contributed by atoms with E-state index in [4.69, 9.17) is 10.00 Å². The van der Waals surface area contributed by atoms with Crippen molar-refractivity contribution in [2.75, 3.05) is 12.4 Å². The van der Waals surface area contributed by atoms with Gasteiger partial charge in [-0.1, -0.05) is 24.3 Å². The van der Waals surface area contributed by atoms with Gasteiger partial charge in [0.15, 0.2) is 0 Å². The molecule has 0 fully saturated rings. The summed E-state index contributed by atoms with van der Waals surface area (Å²) in [6.45, 7) is 0.663. The summed E-state index contributed by atoms with van der Waals surface area (Å²) in [5, 5.41) is 12.2. The molecule has 1 N–H and O–H groups in total. The Labute approximate surface area is 107 Å². The average Bonchev–Trinajstić information content (AvgIpc) is 2.45. The zero-order valence-electron chi connectivity index (χ0n) is 10.2. The molecular formula is C15H14N2O. The Morgan fingerprint density at radius 1 is 1.17 bits per heavy atom. The molecular weight excluding hydrogens is 224 g/mol. The minimum atomic E-state index is 0.653. The standard InChI is InChI=1S/C15H14N2O/c1-18-14-7-4-5-12(9-14)11-17-15-8-3-2-6-13(15)10-16/h2-9,17H,11H2,1H3. The second-order valence-corrected chi connectivity index (χ2v) is 3.86. The molecule has 2 aromatic carbocycles. The largest absolute Gasteiger partial charge is 0.497 e. The molecule has 0 saturated carbocycles. The lowest BCUT2D eigenvalue weighted by atomic mass is 10.1. The van der Waals surface area contributed by atoms with Crippen molar-refractivity contribution >= 4 is 5.69 Å². The minimum Gasteiger partial charge on any atom is -0.497 e. The maximum Gasteiger partial charge on any atom is 0.119 e. The topological polar surface area (TPSA) is 45.0 Å². The normalized spacial score (nSPS) is 9.56. The molecule has 0 bridgehead atoms. The summed E-state index contributed by atoms with van der Waals surface area (Å²) < 4.78 is 5.17. The first-order valence-electron chi connectivity index (χ1n) is 5.69. The van der Waals surface area contributed by atoms with Gasteiger partial charge in [0.2, 0.25) is 0 Å². The van der Waals surface area contributed by atoms with Crippen molar-refractivity contribution in [3.05, 3.63) is 59.7 Å². The number of nitrogens with one attached hydrogen (secondary N) is 1. The van der Waals surface area contributed by atoms with Gasteiger partial charge < -0.3 is 10.1 Å². The van der Waals surface area contributed by atoms with E-state index in [0.717, 1.165) is 17.0 Å². The third kappa shape index (κ3) is 2.80. The fourth-order valence-corrected chi connectivity index (χ4v) is 1.71. The Morgan fingerprint density at radius 3 is 2.78 bits per heavy atom. The lowest BCUT2D eigenvalue weighted by Crippen LogP contribution is -2.01. The lowest BCUT2D eigenvalue weighted by molar-refractivity contribution is 0.414. The van der Waals surface area contributed by atoms with Gasteiger partial charge >= 0.3 is 0 Å². The van der Waals surface area contributed by atoms with Gasteiger partial charge in [-0.05, 0) is 29.8 Å². The minimum absolute atomic E-state index is 0.653. The van der Waals surface area contributed by atoms with Gasteiger partial charge in [-0.2, -0.15) is 5.26 Å². The highest BCUT2D eigenvalue weighted by molar-refractivity contribution is 5.57. The predicted octanol–water partition coefficient (Wildman–Crippen LogP) is 3.18. The van der Waals surface area contributed by atoms with E-state index >= 15 is 0 Å². The quantitative estimate of drug-likeness (QED) is 0.889.